The Kier molecular flexibility index (Phi) is 5.97. The highest BCUT2D eigenvalue weighted by Crippen LogP contribution is 2.10. The van der Waals surface area contributed by atoms with Crippen molar-refractivity contribution in [1.82, 2.24) is 10.6 Å². The van der Waals surface area contributed by atoms with E-state index in [0.29, 0.717) is 17.7 Å². The van der Waals surface area contributed by atoms with Crippen LogP contribution in [0.3, 0.4) is 0 Å². The largest absolute Gasteiger partial charge is 0.355 e. The SMILES string of the molecule is CCCNC(=O)C(C)NCc1cc(F)ccc1C#N. The van der Waals surface area contributed by atoms with Gasteiger partial charge in [-0.2, -0.15) is 5.26 Å². The summed E-state index contributed by atoms with van der Waals surface area (Å²) in [5.74, 6) is -0.490. The second kappa shape index (κ2) is 7.49. The minimum absolute atomic E-state index is 0.100. The molecule has 0 radical (unpaired) electrons. The van der Waals surface area contributed by atoms with Crippen LogP contribution in [-0.4, -0.2) is 18.5 Å². The van der Waals surface area contributed by atoms with Gasteiger partial charge >= 0.3 is 0 Å². The van der Waals surface area contributed by atoms with Gasteiger partial charge in [-0.15, -0.1) is 0 Å². The average Bonchev–Trinajstić information content (AvgIpc) is 2.42. The van der Waals surface area contributed by atoms with E-state index in [2.05, 4.69) is 10.6 Å². The van der Waals surface area contributed by atoms with Crippen LogP contribution in [0.15, 0.2) is 18.2 Å². The van der Waals surface area contributed by atoms with E-state index in [1.807, 2.05) is 13.0 Å². The predicted octanol–water partition coefficient (Wildman–Crippen LogP) is 1.70. The third-order valence-corrected chi connectivity index (χ3v) is 2.73. The topological polar surface area (TPSA) is 64.9 Å². The molecule has 1 amide bonds. The second-order valence-corrected chi connectivity index (χ2v) is 4.31. The summed E-state index contributed by atoms with van der Waals surface area (Å²) < 4.78 is 13.1. The second-order valence-electron chi connectivity index (χ2n) is 4.31. The molecule has 0 aromatic heterocycles. The Hall–Kier alpha value is -1.93. The Morgan fingerprint density at radius 1 is 1.53 bits per heavy atom. The Morgan fingerprint density at radius 2 is 2.26 bits per heavy atom. The van der Waals surface area contributed by atoms with Crippen LogP contribution in [0.2, 0.25) is 0 Å². The highest BCUT2D eigenvalue weighted by atomic mass is 19.1. The number of halogens is 1. The number of rotatable bonds is 6. The molecule has 0 heterocycles. The number of carbonyl (C=O) groups is 1. The van der Waals surface area contributed by atoms with Crippen LogP contribution >= 0.6 is 0 Å². The molecule has 0 aliphatic carbocycles. The van der Waals surface area contributed by atoms with Gasteiger partial charge in [-0.3, -0.25) is 4.79 Å². The van der Waals surface area contributed by atoms with Crippen molar-refractivity contribution in [3.63, 3.8) is 0 Å². The number of amides is 1. The Balaban J connectivity index is 2.59. The molecule has 102 valence electrons. The summed E-state index contributed by atoms with van der Waals surface area (Å²) in [6, 6.07) is 5.61. The molecule has 1 atom stereocenters. The van der Waals surface area contributed by atoms with Crippen LogP contribution in [0, 0.1) is 17.1 Å². The van der Waals surface area contributed by atoms with Crippen LogP contribution in [0.25, 0.3) is 0 Å². The molecule has 1 unspecified atom stereocenters. The smallest absolute Gasteiger partial charge is 0.236 e. The van der Waals surface area contributed by atoms with E-state index in [1.54, 1.807) is 6.92 Å². The first kappa shape index (κ1) is 15.1. The van der Waals surface area contributed by atoms with Gasteiger partial charge < -0.3 is 10.6 Å². The van der Waals surface area contributed by atoms with Crippen molar-refractivity contribution < 1.29 is 9.18 Å². The number of benzene rings is 1. The third-order valence-electron chi connectivity index (χ3n) is 2.73. The van der Waals surface area contributed by atoms with Gasteiger partial charge in [0.1, 0.15) is 5.82 Å². The lowest BCUT2D eigenvalue weighted by molar-refractivity contribution is -0.122. The molecule has 0 saturated heterocycles. The lowest BCUT2D eigenvalue weighted by Gasteiger charge is -2.14. The van der Waals surface area contributed by atoms with E-state index < -0.39 is 0 Å². The van der Waals surface area contributed by atoms with Crippen LogP contribution < -0.4 is 10.6 Å². The van der Waals surface area contributed by atoms with Gasteiger partial charge in [0.15, 0.2) is 0 Å². The van der Waals surface area contributed by atoms with Crippen molar-refractivity contribution in [2.75, 3.05) is 6.54 Å². The minimum atomic E-state index is -0.390. The lowest BCUT2D eigenvalue weighted by Crippen LogP contribution is -2.42. The number of carbonyl (C=O) groups excluding carboxylic acids is 1. The van der Waals surface area contributed by atoms with Gasteiger partial charge in [0.25, 0.3) is 0 Å². The summed E-state index contributed by atoms with van der Waals surface area (Å²) in [6.07, 6.45) is 0.876. The summed E-state index contributed by atoms with van der Waals surface area (Å²) in [4.78, 5) is 11.6. The fourth-order valence-corrected chi connectivity index (χ4v) is 1.57. The average molecular weight is 263 g/mol. The van der Waals surface area contributed by atoms with Crippen molar-refractivity contribution in [3.8, 4) is 6.07 Å². The first-order valence-corrected chi connectivity index (χ1v) is 6.28. The fraction of sp³-hybridized carbons (Fsp3) is 0.429. The molecule has 0 aliphatic rings. The molecule has 0 bridgehead atoms. The maximum absolute atomic E-state index is 13.1. The van der Waals surface area contributed by atoms with E-state index in [9.17, 15) is 9.18 Å². The zero-order valence-corrected chi connectivity index (χ0v) is 11.2. The van der Waals surface area contributed by atoms with E-state index >= 15 is 0 Å². The number of hydrogen-bond acceptors (Lipinski definition) is 3. The molecule has 0 spiro atoms. The molecular weight excluding hydrogens is 245 g/mol. The summed E-state index contributed by atoms with van der Waals surface area (Å²) in [5, 5.41) is 14.7. The molecule has 1 rings (SSSR count). The van der Waals surface area contributed by atoms with Crippen molar-refractivity contribution in [3.05, 3.63) is 35.1 Å². The molecule has 2 N–H and O–H groups in total. The first-order chi connectivity index (χ1) is 9.08. The molecule has 19 heavy (non-hydrogen) atoms. The van der Waals surface area contributed by atoms with Gasteiger partial charge in [0.05, 0.1) is 17.7 Å². The molecule has 4 nitrogen and oxygen atoms in total. The molecular formula is C14H18FN3O. The third kappa shape index (κ3) is 4.68. The quantitative estimate of drug-likeness (QED) is 0.821. The Bertz CT molecular complexity index is 482. The van der Waals surface area contributed by atoms with Crippen molar-refractivity contribution in [2.24, 2.45) is 0 Å². The van der Waals surface area contributed by atoms with E-state index in [4.69, 9.17) is 5.26 Å². The number of nitrogens with zero attached hydrogens (tertiary/aromatic N) is 1. The van der Waals surface area contributed by atoms with E-state index in [-0.39, 0.29) is 24.3 Å². The predicted molar refractivity (Wildman–Crippen MR) is 70.7 cm³/mol. The normalized spacial score (nSPS) is 11.7. The monoisotopic (exact) mass is 263 g/mol. The van der Waals surface area contributed by atoms with Gasteiger partial charge in [-0.05, 0) is 37.1 Å². The summed E-state index contributed by atoms with van der Waals surface area (Å²) >= 11 is 0. The number of nitriles is 1. The zero-order valence-electron chi connectivity index (χ0n) is 11.2. The van der Waals surface area contributed by atoms with Gasteiger partial charge in [-0.25, -0.2) is 4.39 Å². The van der Waals surface area contributed by atoms with Crippen LogP contribution in [0.4, 0.5) is 4.39 Å². The van der Waals surface area contributed by atoms with E-state index in [1.165, 1.54) is 18.2 Å². The first-order valence-electron chi connectivity index (χ1n) is 6.28. The maximum atomic E-state index is 13.1. The van der Waals surface area contributed by atoms with Gasteiger partial charge in [-0.1, -0.05) is 6.92 Å². The number of nitrogens with one attached hydrogen (secondary N) is 2. The highest BCUT2D eigenvalue weighted by Gasteiger charge is 2.12. The van der Waals surface area contributed by atoms with Crippen molar-refractivity contribution in [1.29, 1.82) is 5.26 Å². The minimum Gasteiger partial charge on any atom is -0.355 e. The summed E-state index contributed by atoms with van der Waals surface area (Å²) in [5.41, 5.74) is 0.965. The van der Waals surface area contributed by atoms with E-state index in [0.717, 1.165) is 6.42 Å². The standard InChI is InChI=1S/C14H18FN3O/c1-3-6-17-14(19)10(2)18-9-12-7-13(15)5-4-11(12)8-16/h4-5,7,10,18H,3,6,9H2,1-2H3,(H,17,19). The highest BCUT2D eigenvalue weighted by molar-refractivity contribution is 5.81. The molecule has 1 aromatic carbocycles. The molecule has 1 aromatic rings. The van der Waals surface area contributed by atoms with Gasteiger partial charge in [0.2, 0.25) is 5.91 Å². The fourth-order valence-electron chi connectivity index (χ4n) is 1.57. The van der Waals surface area contributed by atoms with Gasteiger partial charge in [0, 0.05) is 13.1 Å². The van der Waals surface area contributed by atoms with Crippen molar-refractivity contribution >= 4 is 5.91 Å². The van der Waals surface area contributed by atoms with Crippen molar-refractivity contribution in [2.45, 2.75) is 32.9 Å². The molecule has 0 fully saturated rings. The lowest BCUT2D eigenvalue weighted by atomic mass is 10.1. The Morgan fingerprint density at radius 3 is 2.89 bits per heavy atom. The van der Waals surface area contributed by atoms with Crippen LogP contribution in [0.5, 0.6) is 0 Å². The zero-order chi connectivity index (χ0) is 14.3. The van der Waals surface area contributed by atoms with Crippen LogP contribution in [0.1, 0.15) is 31.4 Å². The molecule has 0 saturated carbocycles. The van der Waals surface area contributed by atoms with Crippen LogP contribution in [-0.2, 0) is 11.3 Å². The Labute approximate surface area is 112 Å². The number of hydrogen-bond donors (Lipinski definition) is 2. The molecule has 0 aliphatic heterocycles. The maximum Gasteiger partial charge on any atom is 0.236 e. The summed E-state index contributed by atoms with van der Waals surface area (Å²) in [7, 11) is 0. The summed E-state index contributed by atoms with van der Waals surface area (Å²) in [6.45, 7) is 4.62. The molecule has 5 heteroatoms.